The van der Waals surface area contributed by atoms with Gasteiger partial charge in [-0.05, 0) is 91.4 Å². The monoisotopic (exact) mass is 642 g/mol. The molecule has 1 aliphatic carbocycles. The maximum atomic E-state index is 6.67. The lowest BCUT2D eigenvalue weighted by Gasteiger charge is -2.18. The second-order valence-corrected chi connectivity index (χ2v) is 12.8. The average Bonchev–Trinajstić information content (AvgIpc) is 3.19. The molecule has 0 unspecified atom stereocenters. The molecule has 240 valence electrons. The van der Waals surface area contributed by atoms with Crippen molar-refractivity contribution in [3.05, 3.63) is 199 Å². The number of nitrogens with zero attached hydrogens (tertiary/aromatic N) is 1. The molecule has 0 aliphatic heterocycles. The van der Waals surface area contributed by atoms with Crippen molar-refractivity contribution in [3.8, 4) is 33.4 Å². The van der Waals surface area contributed by atoms with Crippen LogP contribution in [0.5, 0.6) is 0 Å². The molecule has 2 heteroatoms. The number of aliphatic imine (C=N–C) groups is 1. The molecule has 2 nitrogen and oxygen atoms in total. The predicted octanol–water partition coefficient (Wildman–Crippen LogP) is 12.2. The Hall–Kier alpha value is -6.25. The Morgan fingerprint density at radius 1 is 0.560 bits per heavy atom. The summed E-state index contributed by atoms with van der Waals surface area (Å²) in [6.45, 7) is 0. The van der Waals surface area contributed by atoms with Crippen molar-refractivity contribution in [2.75, 3.05) is 0 Å². The number of hydrogen-bond acceptors (Lipinski definition) is 1. The molecule has 0 saturated carbocycles. The Bertz CT molecular complexity index is 2370. The Labute approximate surface area is 294 Å². The zero-order chi connectivity index (χ0) is 33.7. The van der Waals surface area contributed by atoms with Gasteiger partial charge in [-0.3, -0.25) is 0 Å². The molecule has 7 aromatic carbocycles. The van der Waals surface area contributed by atoms with Gasteiger partial charge in [-0.15, -0.1) is 0 Å². The molecular formula is C48H38N2. The van der Waals surface area contributed by atoms with E-state index in [4.69, 9.17) is 10.7 Å². The number of benzene rings is 7. The summed E-state index contributed by atoms with van der Waals surface area (Å²) in [4.78, 5) is 5.08. The van der Waals surface area contributed by atoms with E-state index in [-0.39, 0.29) is 0 Å². The summed E-state index contributed by atoms with van der Waals surface area (Å²) in [6, 6.07) is 56.5. The van der Waals surface area contributed by atoms with Crippen LogP contribution in [0.4, 0.5) is 0 Å². The minimum absolute atomic E-state index is 0.581. The third-order valence-electron chi connectivity index (χ3n) is 9.62. The molecule has 0 atom stereocenters. The minimum atomic E-state index is 0.581. The van der Waals surface area contributed by atoms with E-state index in [0.717, 1.165) is 41.7 Å². The van der Waals surface area contributed by atoms with Gasteiger partial charge in [0.15, 0.2) is 0 Å². The number of fused-ring (bicyclic) bond motifs is 2. The molecular weight excluding hydrogens is 605 g/mol. The Balaban J connectivity index is 1.27. The standard InChI is InChI=1S/C48H38N2/c49-48(38-19-8-3-9-20-38)50-45(32-27-34-15-4-1-5-16-34)39-21-14-22-40(33-39)47-43-25-12-10-23-41(43)46(42-24-11-13-26-44(42)47)37-30-28-36(29-31-37)35-17-6-2-7-18-35/h1-8,10-19,21-26,28-33H,9,20,27H2,(H2,49,50)/b45-32-. The van der Waals surface area contributed by atoms with Crippen molar-refractivity contribution in [2.24, 2.45) is 10.7 Å². The number of allylic oxidation sites excluding steroid dienone is 4. The summed E-state index contributed by atoms with van der Waals surface area (Å²) >= 11 is 0. The van der Waals surface area contributed by atoms with Crippen molar-refractivity contribution in [2.45, 2.75) is 19.3 Å². The summed E-state index contributed by atoms with van der Waals surface area (Å²) in [5, 5.41) is 4.92. The lowest BCUT2D eigenvalue weighted by molar-refractivity contribution is 0.999. The van der Waals surface area contributed by atoms with Crippen LogP contribution >= 0.6 is 0 Å². The van der Waals surface area contributed by atoms with Crippen LogP contribution in [0.3, 0.4) is 0 Å². The van der Waals surface area contributed by atoms with Gasteiger partial charge in [0.1, 0.15) is 5.84 Å². The van der Waals surface area contributed by atoms with E-state index in [1.54, 1.807) is 0 Å². The summed E-state index contributed by atoms with van der Waals surface area (Å²) in [7, 11) is 0. The van der Waals surface area contributed by atoms with Crippen LogP contribution in [0.1, 0.15) is 24.0 Å². The van der Waals surface area contributed by atoms with Crippen LogP contribution in [0.25, 0.3) is 60.6 Å². The highest BCUT2D eigenvalue weighted by molar-refractivity contribution is 6.21. The first kappa shape index (κ1) is 31.0. The van der Waals surface area contributed by atoms with E-state index in [0.29, 0.717) is 5.84 Å². The zero-order valence-electron chi connectivity index (χ0n) is 28.0. The van der Waals surface area contributed by atoms with E-state index < -0.39 is 0 Å². The molecule has 8 rings (SSSR count). The maximum absolute atomic E-state index is 6.67. The van der Waals surface area contributed by atoms with Crippen molar-refractivity contribution in [1.82, 2.24) is 0 Å². The Morgan fingerprint density at radius 2 is 1.10 bits per heavy atom. The van der Waals surface area contributed by atoms with Crippen LogP contribution in [0.15, 0.2) is 193 Å². The summed E-state index contributed by atoms with van der Waals surface area (Å²) in [5.41, 5.74) is 18.2. The number of rotatable bonds is 8. The molecule has 0 spiro atoms. The summed E-state index contributed by atoms with van der Waals surface area (Å²) < 4.78 is 0. The molecule has 7 aromatic rings. The van der Waals surface area contributed by atoms with Crippen LogP contribution in [0.2, 0.25) is 0 Å². The molecule has 2 N–H and O–H groups in total. The first-order valence-electron chi connectivity index (χ1n) is 17.4. The van der Waals surface area contributed by atoms with Crippen molar-refractivity contribution in [3.63, 3.8) is 0 Å². The fourth-order valence-corrected chi connectivity index (χ4v) is 7.12. The van der Waals surface area contributed by atoms with Gasteiger partial charge in [0.2, 0.25) is 0 Å². The van der Waals surface area contributed by atoms with E-state index in [9.17, 15) is 0 Å². The first-order chi connectivity index (χ1) is 24.7. The van der Waals surface area contributed by atoms with Gasteiger partial charge in [-0.25, -0.2) is 4.99 Å². The molecule has 0 aromatic heterocycles. The van der Waals surface area contributed by atoms with Crippen LogP contribution in [-0.4, -0.2) is 5.84 Å². The van der Waals surface area contributed by atoms with Gasteiger partial charge < -0.3 is 5.73 Å². The van der Waals surface area contributed by atoms with Crippen LogP contribution in [0, 0.1) is 0 Å². The fraction of sp³-hybridized carbons (Fsp3) is 0.0625. The maximum Gasteiger partial charge on any atom is 0.127 e. The minimum Gasteiger partial charge on any atom is -0.383 e. The third kappa shape index (κ3) is 6.32. The zero-order valence-corrected chi connectivity index (χ0v) is 28.0. The fourth-order valence-electron chi connectivity index (χ4n) is 7.12. The average molecular weight is 643 g/mol. The van der Waals surface area contributed by atoms with Crippen molar-refractivity contribution < 1.29 is 0 Å². The first-order valence-corrected chi connectivity index (χ1v) is 17.4. The Morgan fingerprint density at radius 3 is 1.72 bits per heavy atom. The largest absolute Gasteiger partial charge is 0.383 e. The second kappa shape index (κ2) is 14.1. The molecule has 0 fully saturated rings. The lowest BCUT2D eigenvalue weighted by Crippen LogP contribution is -2.16. The SMILES string of the molecule is NC(=N/C(=C\Cc1ccccc1)c1cccc(-c2c3ccccc3c(-c3ccc(-c4ccccc4)cc3)c3ccccc23)c1)C1=CC=CCC1. The third-order valence-corrected chi connectivity index (χ3v) is 9.62. The highest BCUT2D eigenvalue weighted by Gasteiger charge is 2.17. The van der Waals surface area contributed by atoms with Gasteiger partial charge in [-0.2, -0.15) is 0 Å². The van der Waals surface area contributed by atoms with Crippen LogP contribution in [-0.2, 0) is 6.42 Å². The molecule has 50 heavy (non-hydrogen) atoms. The molecule has 1 aliphatic rings. The second-order valence-electron chi connectivity index (χ2n) is 12.8. The topological polar surface area (TPSA) is 38.4 Å². The molecule has 0 bridgehead atoms. The quantitative estimate of drug-likeness (QED) is 0.1000. The predicted molar refractivity (Wildman–Crippen MR) is 214 cm³/mol. The summed E-state index contributed by atoms with van der Waals surface area (Å²) in [5.74, 6) is 0.581. The van der Waals surface area contributed by atoms with Gasteiger partial charge >= 0.3 is 0 Å². The normalized spacial score (nSPS) is 13.5. The smallest absolute Gasteiger partial charge is 0.127 e. The van der Waals surface area contributed by atoms with Gasteiger partial charge in [0.25, 0.3) is 0 Å². The molecule has 0 amide bonds. The summed E-state index contributed by atoms with van der Waals surface area (Å²) in [6.07, 6.45) is 11.2. The molecule has 0 heterocycles. The van der Waals surface area contributed by atoms with E-state index in [2.05, 4.69) is 182 Å². The van der Waals surface area contributed by atoms with E-state index >= 15 is 0 Å². The number of hydrogen-bond donors (Lipinski definition) is 1. The van der Waals surface area contributed by atoms with Gasteiger partial charge in [0.05, 0.1) is 5.70 Å². The number of nitrogens with two attached hydrogens (primary N) is 1. The highest BCUT2D eigenvalue weighted by atomic mass is 14.9. The lowest BCUT2D eigenvalue weighted by atomic mass is 9.85. The van der Waals surface area contributed by atoms with Crippen molar-refractivity contribution >= 4 is 33.1 Å². The van der Waals surface area contributed by atoms with E-state index in [1.807, 2.05) is 0 Å². The number of amidine groups is 1. The molecule has 0 saturated heterocycles. The molecule has 0 radical (unpaired) electrons. The van der Waals surface area contributed by atoms with E-state index in [1.165, 1.54) is 54.9 Å². The highest BCUT2D eigenvalue weighted by Crippen LogP contribution is 2.44. The van der Waals surface area contributed by atoms with Gasteiger partial charge in [-0.1, -0.05) is 176 Å². The van der Waals surface area contributed by atoms with Crippen LogP contribution < -0.4 is 5.73 Å². The van der Waals surface area contributed by atoms with Crippen molar-refractivity contribution in [1.29, 1.82) is 0 Å². The Kier molecular flexibility index (Phi) is 8.74. The van der Waals surface area contributed by atoms with Gasteiger partial charge in [0, 0.05) is 5.56 Å².